The van der Waals surface area contributed by atoms with Gasteiger partial charge < -0.3 is 10.4 Å². The number of nitrogens with one attached hydrogen (secondary N) is 1. The summed E-state index contributed by atoms with van der Waals surface area (Å²) in [5.41, 5.74) is 4.44. The summed E-state index contributed by atoms with van der Waals surface area (Å²) < 4.78 is 1.94. The number of hydrogen-bond acceptors (Lipinski definition) is 5. The molecule has 0 aromatic carbocycles. The van der Waals surface area contributed by atoms with E-state index in [2.05, 4.69) is 22.3 Å². The maximum Gasteiger partial charge on any atom is 0.0794 e. The summed E-state index contributed by atoms with van der Waals surface area (Å²) in [4.78, 5) is 5.41. The molecule has 0 saturated carbocycles. The van der Waals surface area contributed by atoms with E-state index in [0.29, 0.717) is 18.6 Å². The number of aliphatic hydroxyl groups excluding tert-OH is 1. The van der Waals surface area contributed by atoms with Crippen molar-refractivity contribution >= 4 is 11.3 Å². The zero-order valence-corrected chi connectivity index (χ0v) is 12.4. The number of aromatic nitrogens is 3. The molecule has 2 heterocycles. The van der Waals surface area contributed by atoms with E-state index < -0.39 is 0 Å². The fraction of sp³-hybridized carbons (Fsp3) is 0.571. The summed E-state index contributed by atoms with van der Waals surface area (Å²) >= 11 is 1.69. The minimum absolute atomic E-state index is 0.142. The molecule has 1 aliphatic rings. The lowest BCUT2D eigenvalue weighted by Gasteiger charge is -2.27. The minimum Gasteiger partial charge on any atom is -0.394 e. The van der Waals surface area contributed by atoms with Crippen molar-refractivity contribution in [2.75, 3.05) is 6.61 Å². The molecule has 6 heteroatoms. The van der Waals surface area contributed by atoms with Crippen molar-refractivity contribution in [1.82, 2.24) is 20.1 Å². The normalized spacial score (nSPS) is 19.8. The molecule has 0 amide bonds. The molecule has 2 atom stereocenters. The first-order chi connectivity index (χ1) is 9.79. The van der Waals surface area contributed by atoms with E-state index in [1.54, 1.807) is 11.3 Å². The van der Waals surface area contributed by atoms with Crippen LogP contribution in [0.15, 0.2) is 17.9 Å². The molecular formula is C14H20N4OS. The van der Waals surface area contributed by atoms with Crippen LogP contribution in [0.2, 0.25) is 0 Å². The molecule has 0 bridgehead atoms. The van der Waals surface area contributed by atoms with Gasteiger partial charge in [-0.05, 0) is 26.2 Å². The van der Waals surface area contributed by atoms with Crippen LogP contribution in [0.5, 0.6) is 0 Å². The third-order valence-corrected chi connectivity index (χ3v) is 4.86. The summed E-state index contributed by atoms with van der Waals surface area (Å²) in [5.74, 6) is 0. The first-order valence-electron chi connectivity index (χ1n) is 7.09. The van der Waals surface area contributed by atoms with Gasteiger partial charge in [-0.15, -0.1) is 11.3 Å². The molecule has 5 nitrogen and oxygen atoms in total. The second kappa shape index (κ2) is 6.03. The van der Waals surface area contributed by atoms with Crippen LogP contribution < -0.4 is 5.32 Å². The van der Waals surface area contributed by atoms with Gasteiger partial charge in [0.1, 0.15) is 0 Å². The highest BCUT2D eigenvalue weighted by Crippen LogP contribution is 2.32. The van der Waals surface area contributed by atoms with Crippen molar-refractivity contribution in [1.29, 1.82) is 0 Å². The van der Waals surface area contributed by atoms with Gasteiger partial charge in [0.25, 0.3) is 0 Å². The Morgan fingerprint density at radius 3 is 3.20 bits per heavy atom. The van der Waals surface area contributed by atoms with Gasteiger partial charge in [-0.25, -0.2) is 0 Å². The smallest absolute Gasteiger partial charge is 0.0794 e. The Labute approximate surface area is 122 Å². The van der Waals surface area contributed by atoms with E-state index in [4.69, 9.17) is 5.11 Å². The molecule has 1 aliphatic carbocycles. The molecule has 0 radical (unpaired) electrons. The van der Waals surface area contributed by atoms with Crippen molar-refractivity contribution < 1.29 is 5.11 Å². The van der Waals surface area contributed by atoms with Gasteiger partial charge in [0.2, 0.25) is 0 Å². The number of thiazole rings is 1. The van der Waals surface area contributed by atoms with Crippen LogP contribution in [0.1, 0.15) is 48.0 Å². The third-order valence-electron chi connectivity index (χ3n) is 3.90. The Hall–Kier alpha value is -1.24. The molecule has 0 fully saturated rings. The summed E-state index contributed by atoms with van der Waals surface area (Å²) in [6.45, 7) is 2.91. The number of rotatable bonds is 5. The summed E-state index contributed by atoms with van der Waals surface area (Å²) in [7, 11) is 0. The molecule has 2 aromatic heterocycles. The van der Waals surface area contributed by atoms with Gasteiger partial charge in [0.15, 0.2) is 0 Å². The van der Waals surface area contributed by atoms with Crippen molar-refractivity contribution in [2.45, 2.75) is 44.8 Å². The molecule has 0 saturated heterocycles. The maximum absolute atomic E-state index is 9.09. The first-order valence-corrected chi connectivity index (χ1v) is 7.97. The molecular weight excluding hydrogens is 272 g/mol. The zero-order chi connectivity index (χ0) is 13.9. The highest BCUT2D eigenvalue weighted by Gasteiger charge is 2.25. The lowest BCUT2D eigenvalue weighted by atomic mass is 9.92. The molecule has 2 unspecified atom stereocenters. The molecule has 3 rings (SSSR count). The second-order valence-electron chi connectivity index (χ2n) is 5.23. The summed E-state index contributed by atoms with van der Waals surface area (Å²) in [6, 6.07) is 0.655. The Kier molecular flexibility index (Phi) is 4.14. The van der Waals surface area contributed by atoms with Crippen LogP contribution >= 0.6 is 11.3 Å². The van der Waals surface area contributed by atoms with Crippen LogP contribution in [0.3, 0.4) is 0 Å². The summed E-state index contributed by atoms with van der Waals surface area (Å²) in [5, 5.41) is 17.2. The molecule has 2 N–H and O–H groups in total. The predicted molar refractivity (Wildman–Crippen MR) is 78.7 cm³/mol. The number of fused-ring (bicyclic) bond motifs is 1. The first kappa shape index (κ1) is 13.7. The minimum atomic E-state index is 0.142. The van der Waals surface area contributed by atoms with E-state index in [1.807, 2.05) is 22.6 Å². The van der Waals surface area contributed by atoms with Crippen molar-refractivity contribution in [3.8, 4) is 0 Å². The van der Waals surface area contributed by atoms with Gasteiger partial charge in [0.05, 0.1) is 24.9 Å². The van der Waals surface area contributed by atoms with Crippen molar-refractivity contribution in [3.63, 3.8) is 0 Å². The Morgan fingerprint density at radius 2 is 2.45 bits per heavy atom. The number of aliphatic hydroxyl groups is 1. The van der Waals surface area contributed by atoms with Gasteiger partial charge in [-0.2, -0.15) is 5.10 Å². The Balaban J connectivity index is 1.76. The van der Waals surface area contributed by atoms with Crippen LogP contribution in [-0.2, 0) is 13.0 Å². The summed E-state index contributed by atoms with van der Waals surface area (Å²) in [6.07, 6.45) is 7.25. The molecule has 0 spiro atoms. The lowest BCUT2D eigenvalue weighted by Crippen LogP contribution is -2.27. The van der Waals surface area contributed by atoms with E-state index in [1.165, 1.54) is 16.1 Å². The van der Waals surface area contributed by atoms with E-state index >= 15 is 0 Å². The van der Waals surface area contributed by atoms with E-state index in [-0.39, 0.29) is 6.61 Å². The molecule has 0 aliphatic heterocycles. The fourth-order valence-electron chi connectivity index (χ4n) is 2.90. The van der Waals surface area contributed by atoms with Gasteiger partial charge >= 0.3 is 0 Å². The molecule has 108 valence electrons. The van der Waals surface area contributed by atoms with Crippen LogP contribution in [-0.4, -0.2) is 26.5 Å². The van der Waals surface area contributed by atoms with E-state index in [9.17, 15) is 0 Å². The van der Waals surface area contributed by atoms with E-state index in [0.717, 1.165) is 19.3 Å². The Morgan fingerprint density at radius 1 is 1.55 bits per heavy atom. The predicted octanol–water partition coefficient (Wildman–Crippen LogP) is 2.06. The van der Waals surface area contributed by atoms with Crippen LogP contribution in [0, 0.1) is 0 Å². The third kappa shape index (κ3) is 2.63. The molecule has 2 aromatic rings. The number of nitrogens with zero attached hydrogens (tertiary/aromatic N) is 3. The van der Waals surface area contributed by atoms with Gasteiger partial charge in [-0.3, -0.25) is 9.67 Å². The number of hydrogen-bond donors (Lipinski definition) is 2. The van der Waals surface area contributed by atoms with Crippen LogP contribution in [0.25, 0.3) is 0 Å². The molecule has 20 heavy (non-hydrogen) atoms. The SMILES string of the molecule is CC(NC1CCCc2c1cnn2CCO)c1cncs1. The van der Waals surface area contributed by atoms with Crippen molar-refractivity contribution in [2.24, 2.45) is 0 Å². The fourth-order valence-corrected chi connectivity index (χ4v) is 3.54. The van der Waals surface area contributed by atoms with Crippen molar-refractivity contribution in [3.05, 3.63) is 34.0 Å². The highest BCUT2D eigenvalue weighted by molar-refractivity contribution is 7.09. The monoisotopic (exact) mass is 292 g/mol. The second-order valence-corrected chi connectivity index (χ2v) is 6.15. The standard InChI is InChI=1S/C14H20N4OS/c1-10(14-8-15-9-20-14)17-12-3-2-4-13-11(12)7-16-18(13)5-6-19/h7-10,12,17,19H,2-6H2,1H3. The lowest BCUT2D eigenvalue weighted by molar-refractivity contribution is 0.266. The topological polar surface area (TPSA) is 63.0 Å². The highest BCUT2D eigenvalue weighted by atomic mass is 32.1. The average Bonchev–Trinajstić information content (AvgIpc) is 3.09. The zero-order valence-electron chi connectivity index (χ0n) is 11.6. The van der Waals surface area contributed by atoms with Crippen LogP contribution in [0.4, 0.5) is 0 Å². The quantitative estimate of drug-likeness (QED) is 0.885. The average molecular weight is 292 g/mol. The Bertz CT molecular complexity index is 552. The van der Waals surface area contributed by atoms with Gasteiger partial charge in [0, 0.05) is 34.4 Å². The largest absolute Gasteiger partial charge is 0.394 e. The van der Waals surface area contributed by atoms with Gasteiger partial charge in [-0.1, -0.05) is 0 Å². The maximum atomic E-state index is 9.09.